The van der Waals surface area contributed by atoms with Crippen molar-refractivity contribution in [2.75, 3.05) is 54.1 Å². The maximum Gasteiger partial charge on any atom is 0.306 e. The zero-order valence-electron chi connectivity index (χ0n) is 48.7. The van der Waals surface area contributed by atoms with Gasteiger partial charge in [0.05, 0.1) is 34.4 Å². The molecule has 2 atom stereocenters. The molecule has 0 aromatic rings. The predicted molar refractivity (Wildman–Crippen MR) is 305 cm³/mol. The Morgan fingerprint density at radius 3 is 0.930 bits per heavy atom. The number of hydrogen-bond acceptors (Lipinski definition) is 7. The standard InChI is InChI=1S/C62H126NO7P/c1-6-8-10-12-14-16-18-20-22-24-26-28-30-31-32-34-36-38-40-42-44-46-48-50-52-54-57-67-59-61(60-69-71(65,66)68-58-56-63(3,4)5)70-62(64)55-53-51-49-47-45-43-41-39-37-35-33-29-27-25-23-21-19-17-15-13-11-9-7-2/h61H,6-60H2,1-5H3. The molecule has 0 aromatic carbocycles. The van der Waals surface area contributed by atoms with Crippen molar-refractivity contribution in [3.05, 3.63) is 0 Å². The lowest BCUT2D eigenvalue weighted by atomic mass is 10.0. The van der Waals surface area contributed by atoms with Crippen LogP contribution in [-0.4, -0.2) is 70.7 Å². The van der Waals surface area contributed by atoms with Crippen molar-refractivity contribution in [3.8, 4) is 0 Å². The van der Waals surface area contributed by atoms with E-state index in [4.69, 9.17) is 18.5 Å². The van der Waals surface area contributed by atoms with Gasteiger partial charge in [-0.25, -0.2) is 0 Å². The van der Waals surface area contributed by atoms with Crippen molar-refractivity contribution in [2.24, 2.45) is 0 Å². The van der Waals surface area contributed by atoms with E-state index in [1.807, 2.05) is 21.1 Å². The second-order valence-corrected chi connectivity index (χ2v) is 24.6. The average Bonchev–Trinajstić information content (AvgIpc) is 3.33. The number of unbranched alkanes of at least 4 members (excludes halogenated alkanes) is 47. The third-order valence-corrected chi connectivity index (χ3v) is 15.6. The van der Waals surface area contributed by atoms with Crippen LogP contribution in [0.15, 0.2) is 0 Å². The number of rotatable bonds is 61. The maximum absolute atomic E-state index is 12.8. The molecular formula is C62H126NO7P. The molecule has 2 unspecified atom stereocenters. The molecule has 9 heteroatoms. The van der Waals surface area contributed by atoms with E-state index in [2.05, 4.69) is 13.8 Å². The third-order valence-electron chi connectivity index (χ3n) is 14.7. The highest BCUT2D eigenvalue weighted by Gasteiger charge is 2.20. The van der Waals surface area contributed by atoms with Gasteiger partial charge in [0.15, 0.2) is 0 Å². The first-order chi connectivity index (χ1) is 34.6. The molecule has 0 saturated carbocycles. The molecule has 0 aromatic heterocycles. The Labute approximate surface area is 444 Å². The second-order valence-electron chi connectivity index (χ2n) is 23.1. The van der Waals surface area contributed by atoms with Crippen LogP contribution in [0.4, 0.5) is 0 Å². The Bertz CT molecular complexity index is 1100. The highest BCUT2D eigenvalue weighted by molar-refractivity contribution is 7.45. The molecule has 8 nitrogen and oxygen atoms in total. The SMILES string of the molecule is CCCCCCCCCCCCCCCCCCCCCCCCCCCCOCC(COP(=O)([O-])OCC[N+](C)(C)C)OC(=O)CCCCCCCCCCCCCCCCCCCCCCCCC. The number of carbonyl (C=O) groups excluding carboxylic acids is 1. The van der Waals surface area contributed by atoms with Gasteiger partial charge in [-0.3, -0.25) is 9.36 Å². The van der Waals surface area contributed by atoms with Crippen molar-refractivity contribution >= 4 is 13.8 Å². The van der Waals surface area contributed by atoms with Gasteiger partial charge in [0.1, 0.15) is 19.3 Å². The van der Waals surface area contributed by atoms with Gasteiger partial charge in [0.2, 0.25) is 0 Å². The molecule has 0 spiro atoms. The molecule has 0 N–H and O–H groups in total. The van der Waals surface area contributed by atoms with Crippen LogP contribution in [0, 0.1) is 0 Å². The Balaban J connectivity index is 3.95. The van der Waals surface area contributed by atoms with Crippen LogP contribution in [0.3, 0.4) is 0 Å². The normalized spacial score (nSPS) is 13.3. The molecule has 0 radical (unpaired) electrons. The van der Waals surface area contributed by atoms with Crippen LogP contribution in [0.1, 0.15) is 335 Å². The minimum atomic E-state index is -4.53. The summed E-state index contributed by atoms with van der Waals surface area (Å²) < 4.78 is 35.0. The molecule has 0 aliphatic carbocycles. The summed E-state index contributed by atoms with van der Waals surface area (Å²) in [6, 6.07) is 0. The van der Waals surface area contributed by atoms with Crippen LogP contribution in [0.2, 0.25) is 0 Å². The van der Waals surface area contributed by atoms with Crippen LogP contribution in [0.5, 0.6) is 0 Å². The lowest BCUT2D eigenvalue weighted by molar-refractivity contribution is -0.870. The van der Waals surface area contributed by atoms with Crippen molar-refractivity contribution in [2.45, 2.75) is 341 Å². The molecule has 0 bridgehead atoms. The highest BCUT2D eigenvalue weighted by atomic mass is 31.2. The number of likely N-dealkylation sites (N-methyl/N-ethyl adjacent to an activating group) is 1. The smallest absolute Gasteiger partial charge is 0.306 e. The quantitative estimate of drug-likeness (QED) is 0.0259. The Hall–Kier alpha value is -0.500. The number of ether oxygens (including phenoxy) is 2. The fourth-order valence-electron chi connectivity index (χ4n) is 9.79. The van der Waals surface area contributed by atoms with Gasteiger partial charge in [-0.05, 0) is 12.8 Å². The molecular weight excluding hydrogens is 902 g/mol. The van der Waals surface area contributed by atoms with E-state index in [9.17, 15) is 14.3 Å². The molecule has 0 rings (SSSR count). The van der Waals surface area contributed by atoms with E-state index < -0.39 is 13.9 Å². The minimum Gasteiger partial charge on any atom is -0.756 e. The molecule has 0 aliphatic rings. The first-order valence-corrected chi connectivity index (χ1v) is 33.2. The molecule has 0 fully saturated rings. The molecule has 0 amide bonds. The number of phosphoric acid groups is 1. The van der Waals surface area contributed by atoms with E-state index in [-0.39, 0.29) is 25.8 Å². The summed E-state index contributed by atoms with van der Waals surface area (Å²) in [4.78, 5) is 25.3. The molecule has 71 heavy (non-hydrogen) atoms. The summed E-state index contributed by atoms with van der Waals surface area (Å²) in [7, 11) is 1.39. The lowest BCUT2D eigenvalue weighted by Crippen LogP contribution is -2.37. The highest BCUT2D eigenvalue weighted by Crippen LogP contribution is 2.38. The Morgan fingerprint density at radius 2 is 0.648 bits per heavy atom. The monoisotopic (exact) mass is 1030 g/mol. The first kappa shape index (κ1) is 70.5. The average molecular weight is 1030 g/mol. The van der Waals surface area contributed by atoms with Gasteiger partial charge in [-0.15, -0.1) is 0 Å². The van der Waals surface area contributed by atoms with Crippen molar-refractivity contribution in [1.82, 2.24) is 0 Å². The van der Waals surface area contributed by atoms with Crippen LogP contribution >= 0.6 is 7.82 Å². The topological polar surface area (TPSA) is 94.1 Å². The predicted octanol–water partition coefficient (Wildman–Crippen LogP) is 19.7. The van der Waals surface area contributed by atoms with Gasteiger partial charge < -0.3 is 27.9 Å². The fourth-order valence-corrected chi connectivity index (χ4v) is 10.5. The van der Waals surface area contributed by atoms with E-state index in [1.54, 1.807) is 0 Å². The lowest BCUT2D eigenvalue weighted by Gasteiger charge is -2.28. The van der Waals surface area contributed by atoms with Gasteiger partial charge in [0.25, 0.3) is 7.82 Å². The van der Waals surface area contributed by atoms with Gasteiger partial charge in [-0.1, -0.05) is 316 Å². The van der Waals surface area contributed by atoms with Crippen LogP contribution < -0.4 is 4.89 Å². The largest absolute Gasteiger partial charge is 0.756 e. The second kappa shape index (κ2) is 55.7. The molecule has 0 heterocycles. The summed E-state index contributed by atoms with van der Waals surface area (Å²) in [6.07, 6.45) is 66.0. The van der Waals surface area contributed by atoms with Gasteiger partial charge in [-0.2, -0.15) is 0 Å². The summed E-state index contributed by atoms with van der Waals surface area (Å²) >= 11 is 0. The fraction of sp³-hybridized carbons (Fsp3) is 0.984. The Morgan fingerprint density at radius 1 is 0.380 bits per heavy atom. The first-order valence-electron chi connectivity index (χ1n) is 31.8. The minimum absolute atomic E-state index is 0.0321. The molecule has 0 saturated heterocycles. The number of nitrogens with zero attached hydrogens (tertiary/aromatic N) is 1. The Kier molecular flexibility index (Phi) is 55.3. The number of esters is 1. The van der Waals surface area contributed by atoms with Gasteiger partial charge in [0, 0.05) is 13.0 Å². The molecule has 0 aliphatic heterocycles. The summed E-state index contributed by atoms with van der Waals surface area (Å²) in [5, 5.41) is 0. The van der Waals surface area contributed by atoms with Crippen LogP contribution in [0.25, 0.3) is 0 Å². The van der Waals surface area contributed by atoms with Crippen molar-refractivity contribution in [3.63, 3.8) is 0 Å². The number of quaternary nitrogens is 1. The van der Waals surface area contributed by atoms with Crippen molar-refractivity contribution in [1.29, 1.82) is 0 Å². The third kappa shape index (κ3) is 60.2. The van der Waals surface area contributed by atoms with E-state index >= 15 is 0 Å². The van der Waals surface area contributed by atoms with Crippen LogP contribution in [-0.2, 0) is 27.9 Å². The van der Waals surface area contributed by atoms with E-state index in [1.165, 1.54) is 283 Å². The number of phosphoric ester groups is 1. The van der Waals surface area contributed by atoms with Crippen molar-refractivity contribution < 1.29 is 37.3 Å². The molecule has 426 valence electrons. The van der Waals surface area contributed by atoms with Gasteiger partial charge >= 0.3 is 5.97 Å². The summed E-state index contributed by atoms with van der Waals surface area (Å²) in [5.74, 6) is -0.322. The van der Waals surface area contributed by atoms with E-state index in [0.29, 0.717) is 24.1 Å². The number of carbonyl (C=O) groups is 1. The number of hydrogen-bond donors (Lipinski definition) is 0. The maximum atomic E-state index is 12.8. The summed E-state index contributed by atoms with van der Waals surface area (Å²) in [5.41, 5.74) is 0. The zero-order valence-corrected chi connectivity index (χ0v) is 49.6. The van der Waals surface area contributed by atoms with E-state index in [0.717, 1.165) is 32.1 Å². The summed E-state index contributed by atoms with van der Waals surface area (Å²) in [6.45, 7) is 5.52. The zero-order chi connectivity index (χ0) is 51.9.